The minimum Gasteiger partial charge on any atom is -0.334 e. The molecular formula is C14H23N3. The van der Waals surface area contributed by atoms with Gasteiger partial charge in [-0.25, -0.2) is 4.98 Å². The van der Waals surface area contributed by atoms with E-state index in [1.165, 1.54) is 37.9 Å². The first kappa shape index (κ1) is 11.3. The highest BCUT2D eigenvalue weighted by molar-refractivity contribution is 4.99. The predicted octanol–water partition coefficient (Wildman–Crippen LogP) is 2.57. The third-order valence-electron chi connectivity index (χ3n) is 4.02. The van der Waals surface area contributed by atoms with E-state index in [4.69, 9.17) is 0 Å². The molecule has 3 heteroatoms. The third kappa shape index (κ3) is 2.71. The summed E-state index contributed by atoms with van der Waals surface area (Å²) in [6.45, 7) is 4.26. The van der Waals surface area contributed by atoms with E-state index in [1.54, 1.807) is 0 Å². The number of imidazole rings is 1. The maximum absolute atomic E-state index is 4.47. The van der Waals surface area contributed by atoms with Gasteiger partial charge in [-0.1, -0.05) is 6.92 Å². The zero-order valence-electron chi connectivity index (χ0n) is 10.7. The van der Waals surface area contributed by atoms with Crippen LogP contribution in [0.2, 0.25) is 0 Å². The van der Waals surface area contributed by atoms with Gasteiger partial charge in [-0.3, -0.25) is 0 Å². The van der Waals surface area contributed by atoms with Crippen LogP contribution in [0.25, 0.3) is 0 Å². The van der Waals surface area contributed by atoms with Crippen molar-refractivity contribution in [3.63, 3.8) is 0 Å². The van der Waals surface area contributed by atoms with Crippen LogP contribution in [0.15, 0.2) is 12.4 Å². The maximum Gasteiger partial charge on any atom is 0.122 e. The fourth-order valence-electron chi connectivity index (χ4n) is 2.79. The molecule has 1 aromatic heterocycles. The molecule has 0 aliphatic heterocycles. The molecule has 0 amide bonds. The van der Waals surface area contributed by atoms with Crippen molar-refractivity contribution >= 4 is 0 Å². The van der Waals surface area contributed by atoms with Gasteiger partial charge >= 0.3 is 0 Å². The highest BCUT2D eigenvalue weighted by atomic mass is 15.1. The Bertz CT molecular complexity index is 351. The van der Waals surface area contributed by atoms with Gasteiger partial charge < -0.3 is 9.88 Å². The largest absolute Gasteiger partial charge is 0.334 e. The number of nitrogens with one attached hydrogen (secondary N) is 1. The van der Waals surface area contributed by atoms with Gasteiger partial charge in [0, 0.05) is 25.0 Å². The van der Waals surface area contributed by atoms with E-state index < -0.39 is 0 Å². The Morgan fingerprint density at radius 1 is 1.35 bits per heavy atom. The molecule has 0 saturated heterocycles. The molecule has 0 aromatic carbocycles. The average molecular weight is 233 g/mol. The maximum atomic E-state index is 4.47. The van der Waals surface area contributed by atoms with Crippen molar-refractivity contribution in [1.29, 1.82) is 0 Å². The second-order valence-electron chi connectivity index (χ2n) is 5.62. The summed E-state index contributed by atoms with van der Waals surface area (Å²) in [6.07, 6.45) is 11.0. The number of rotatable bonds is 7. The summed E-state index contributed by atoms with van der Waals surface area (Å²) in [5, 5.41) is 3.76. The van der Waals surface area contributed by atoms with Gasteiger partial charge in [0.05, 0.1) is 6.54 Å². The lowest BCUT2D eigenvalue weighted by Gasteiger charge is -2.17. The van der Waals surface area contributed by atoms with Crippen molar-refractivity contribution in [2.24, 2.45) is 11.8 Å². The zero-order chi connectivity index (χ0) is 11.7. The first-order valence-electron chi connectivity index (χ1n) is 7.12. The number of aromatic nitrogens is 2. The van der Waals surface area contributed by atoms with Crippen LogP contribution < -0.4 is 5.32 Å². The van der Waals surface area contributed by atoms with E-state index in [0.717, 1.165) is 31.0 Å². The third-order valence-corrected chi connectivity index (χ3v) is 4.02. The van der Waals surface area contributed by atoms with Gasteiger partial charge in [-0.2, -0.15) is 0 Å². The van der Waals surface area contributed by atoms with E-state index in [9.17, 15) is 0 Å². The highest BCUT2D eigenvalue weighted by Crippen LogP contribution is 2.44. The van der Waals surface area contributed by atoms with Gasteiger partial charge in [0.15, 0.2) is 0 Å². The lowest BCUT2D eigenvalue weighted by molar-refractivity contribution is 0.405. The molecule has 0 atom stereocenters. The van der Waals surface area contributed by atoms with Crippen molar-refractivity contribution in [3.8, 4) is 0 Å². The van der Waals surface area contributed by atoms with E-state index in [0.29, 0.717) is 0 Å². The number of nitrogens with zero attached hydrogens (tertiary/aromatic N) is 2. The summed E-state index contributed by atoms with van der Waals surface area (Å²) in [4.78, 5) is 4.47. The van der Waals surface area contributed by atoms with Crippen LogP contribution in [-0.4, -0.2) is 15.6 Å². The number of hydrogen-bond acceptors (Lipinski definition) is 2. The van der Waals surface area contributed by atoms with Crippen molar-refractivity contribution < 1.29 is 0 Å². The summed E-state index contributed by atoms with van der Waals surface area (Å²) in [7, 11) is 0. The van der Waals surface area contributed by atoms with Gasteiger partial charge in [-0.05, 0) is 43.9 Å². The van der Waals surface area contributed by atoms with Crippen LogP contribution in [0.5, 0.6) is 0 Å². The molecule has 2 saturated carbocycles. The number of hydrogen-bond donors (Lipinski definition) is 1. The second kappa shape index (κ2) is 4.81. The smallest absolute Gasteiger partial charge is 0.122 e. The lowest BCUT2D eigenvalue weighted by Crippen LogP contribution is -2.33. The lowest BCUT2D eigenvalue weighted by atomic mass is 10.1. The van der Waals surface area contributed by atoms with Gasteiger partial charge in [0.1, 0.15) is 5.82 Å². The Hall–Kier alpha value is -0.830. The molecule has 0 radical (unpaired) electrons. The van der Waals surface area contributed by atoms with Crippen molar-refractivity contribution in [2.45, 2.75) is 58.2 Å². The standard InChI is InChI=1S/C14H23N3/c1-2-8-17-9-7-15-13(17)10-16-14(11-3-4-11)12-5-6-12/h7,9,11-12,14,16H,2-6,8,10H2,1H3. The van der Waals surface area contributed by atoms with Crippen LogP contribution in [0.1, 0.15) is 44.9 Å². The summed E-state index contributed by atoms with van der Waals surface area (Å²) in [5.74, 6) is 3.15. The zero-order valence-corrected chi connectivity index (χ0v) is 10.7. The van der Waals surface area contributed by atoms with Crippen LogP contribution >= 0.6 is 0 Å². The van der Waals surface area contributed by atoms with Crippen molar-refractivity contribution in [1.82, 2.24) is 14.9 Å². The van der Waals surface area contributed by atoms with Crippen LogP contribution in [0.4, 0.5) is 0 Å². The Labute approximate surface area is 104 Å². The van der Waals surface area contributed by atoms with Gasteiger partial charge in [-0.15, -0.1) is 0 Å². The average Bonchev–Trinajstić information content (AvgIpc) is 3.21. The Morgan fingerprint density at radius 2 is 2.06 bits per heavy atom. The Morgan fingerprint density at radius 3 is 2.65 bits per heavy atom. The van der Waals surface area contributed by atoms with Crippen LogP contribution in [0.3, 0.4) is 0 Å². The first-order valence-corrected chi connectivity index (χ1v) is 7.12. The fraction of sp³-hybridized carbons (Fsp3) is 0.786. The van der Waals surface area contributed by atoms with E-state index in [2.05, 4.69) is 28.0 Å². The highest BCUT2D eigenvalue weighted by Gasteiger charge is 2.41. The molecule has 2 fully saturated rings. The molecule has 2 aliphatic carbocycles. The van der Waals surface area contributed by atoms with Gasteiger partial charge in [0.25, 0.3) is 0 Å². The molecule has 0 spiro atoms. The molecular weight excluding hydrogens is 210 g/mol. The van der Waals surface area contributed by atoms with E-state index >= 15 is 0 Å². The summed E-state index contributed by atoms with van der Waals surface area (Å²) >= 11 is 0. The second-order valence-corrected chi connectivity index (χ2v) is 5.62. The first-order chi connectivity index (χ1) is 8.38. The fourth-order valence-corrected chi connectivity index (χ4v) is 2.79. The Balaban J connectivity index is 1.56. The molecule has 0 unspecified atom stereocenters. The predicted molar refractivity (Wildman–Crippen MR) is 68.6 cm³/mol. The molecule has 3 rings (SSSR count). The minimum atomic E-state index is 0.779. The SMILES string of the molecule is CCCn1ccnc1CNC(C1CC1)C1CC1. The summed E-state index contributed by atoms with van der Waals surface area (Å²) < 4.78 is 2.28. The summed E-state index contributed by atoms with van der Waals surface area (Å²) in [6, 6.07) is 0.779. The topological polar surface area (TPSA) is 29.9 Å². The minimum absolute atomic E-state index is 0.779. The molecule has 17 heavy (non-hydrogen) atoms. The molecule has 2 aliphatic rings. The Kier molecular flexibility index (Phi) is 3.19. The monoisotopic (exact) mass is 233 g/mol. The summed E-state index contributed by atoms with van der Waals surface area (Å²) in [5.41, 5.74) is 0. The van der Waals surface area contributed by atoms with Crippen LogP contribution in [0, 0.1) is 11.8 Å². The molecule has 94 valence electrons. The van der Waals surface area contributed by atoms with Gasteiger partial charge in [0.2, 0.25) is 0 Å². The molecule has 0 bridgehead atoms. The van der Waals surface area contributed by atoms with Crippen molar-refractivity contribution in [3.05, 3.63) is 18.2 Å². The van der Waals surface area contributed by atoms with E-state index in [1.807, 2.05) is 6.20 Å². The molecule has 1 aromatic rings. The molecule has 3 nitrogen and oxygen atoms in total. The quantitative estimate of drug-likeness (QED) is 0.784. The number of aryl methyl sites for hydroxylation is 1. The van der Waals surface area contributed by atoms with Crippen LogP contribution in [-0.2, 0) is 13.1 Å². The van der Waals surface area contributed by atoms with Crippen molar-refractivity contribution in [2.75, 3.05) is 0 Å². The van der Waals surface area contributed by atoms with E-state index in [-0.39, 0.29) is 0 Å². The molecule has 1 heterocycles. The normalized spacial score (nSPS) is 20.1. The molecule has 1 N–H and O–H groups in total.